The Hall–Kier alpha value is -2.37. The molecule has 0 aliphatic carbocycles. The number of anilines is 1. The maximum Gasteiger partial charge on any atom is 0.222 e. The van der Waals surface area contributed by atoms with Gasteiger partial charge in [-0.3, -0.25) is 9.48 Å². The van der Waals surface area contributed by atoms with Crippen LogP contribution in [0.2, 0.25) is 0 Å². The van der Waals surface area contributed by atoms with E-state index in [0.29, 0.717) is 12.3 Å². The van der Waals surface area contributed by atoms with Crippen LogP contribution in [0.5, 0.6) is 0 Å². The third-order valence-corrected chi connectivity index (χ3v) is 4.80. The molecule has 1 fully saturated rings. The molecule has 0 bridgehead atoms. The summed E-state index contributed by atoms with van der Waals surface area (Å²) >= 11 is 0. The second-order valence-electron chi connectivity index (χ2n) is 6.35. The highest BCUT2D eigenvalue weighted by Crippen LogP contribution is 2.28. The van der Waals surface area contributed by atoms with Crippen LogP contribution >= 0.6 is 0 Å². The molecule has 2 aromatic rings. The standard InChI is InChI=1S/C18H25N5O/c1-19-17-12-14(7-9-20-17)15-4-3-11-23(13-15)18(24)6-5-16-8-10-21-22(16)2/h7-10,12,15H,3-6,11,13H2,1-2H3,(H,19,20). The molecule has 24 heavy (non-hydrogen) atoms. The second kappa shape index (κ2) is 7.47. The molecule has 2 aromatic heterocycles. The minimum absolute atomic E-state index is 0.240. The number of aromatic nitrogens is 3. The lowest BCUT2D eigenvalue weighted by molar-refractivity contribution is -0.132. The molecule has 0 radical (unpaired) electrons. The fourth-order valence-electron chi connectivity index (χ4n) is 3.35. The zero-order valence-electron chi connectivity index (χ0n) is 14.4. The van der Waals surface area contributed by atoms with E-state index in [1.54, 1.807) is 6.20 Å². The van der Waals surface area contributed by atoms with E-state index in [0.717, 1.165) is 43.9 Å². The van der Waals surface area contributed by atoms with Gasteiger partial charge in [0.25, 0.3) is 0 Å². The number of carbonyl (C=O) groups excluding carboxylic acids is 1. The lowest BCUT2D eigenvalue weighted by atomic mass is 9.91. The molecule has 1 aliphatic rings. The molecule has 1 atom stereocenters. The fraction of sp³-hybridized carbons (Fsp3) is 0.500. The van der Waals surface area contributed by atoms with E-state index < -0.39 is 0 Å². The lowest BCUT2D eigenvalue weighted by Gasteiger charge is -2.33. The van der Waals surface area contributed by atoms with Crippen LogP contribution in [-0.2, 0) is 18.3 Å². The number of rotatable bonds is 5. The SMILES string of the molecule is CNc1cc(C2CCCN(C(=O)CCc3ccnn3C)C2)ccn1. The quantitative estimate of drug-likeness (QED) is 0.914. The van der Waals surface area contributed by atoms with E-state index in [1.807, 2.05) is 35.9 Å². The summed E-state index contributed by atoms with van der Waals surface area (Å²) in [5.41, 5.74) is 2.36. The summed E-state index contributed by atoms with van der Waals surface area (Å²) in [5, 5.41) is 7.24. The predicted molar refractivity (Wildman–Crippen MR) is 93.9 cm³/mol. The Morgan fingerprint density at radius 1 is 1.38 bits per heavy atom. The predicted octanol–water partition coefficient (Wildman–Crippen LogP) is 2.20. The van der Waals surface area contributed by atoms with Crippen LogP contribution in [-0.4, -0.2) is 45.7 Å². The van der Waals surface area contributed by atoms with Gasteiger partial charge in [0.2, 0.25) is 5.91 Å². The Balaban J connectivity index is 1.60. The van der Waals surface area contributed by atoms with Gasteiger partial charge in [0.05, 0.1) is 0 Å². The summed E-state index contributed by atoms with van der Waals surface area (Å²) in [7, 11) is 3.79. The molecule has 3 rings (SSSR count). The van der Waals surface area contributed by atoms with Crippen molar-refractivity contribution < 1.29 is 4.79 Å². The van der Waals surface area contributed by atoms with Crippen molar-refractivity contribution in [3.8, 4) is 0 Å². The van der Waals surface area contributed by atoms with Crippen LogP contribution in [0.4, 0.5) is 5.82 Å². The van der Waals surface area contributed by atoms with Gasteiger partial charge in [0, 0.05) is 57.6 Å². The van der Waals surface area contributed by atoms with E-state index in [9.17, 15) is 4.79 Å². The van der Waals surface area contributed by atoms with Gasteiger partial charge in [0.15, 0.2) is 0 Å². The molecular formula is C18H25N5O. The number of hydrogen-bond donors (Lipinski definition) is 1. The zero-order chi connectivity index (χ0) is 16.9. The Bertz CT molecular complexity index is 696. The molecule has 3 heterocycles. The summed E-state index contributed by atoms with van der Waals surface area (Å²) in [6.07, 6.45) is 7.09. The normalized spacial score (nSPS) is 17.8. The van der Waals surface area contributed by atoms with Crippen molar-refractivity contribution in [2.24, 2.45) is 7.05 Å². The average molecular weight is 327 g/mol. The molecule has 1 unspecified atom stereocenters. The maximum absolute atomic E-state index is 12.6. The topological polar surface area (TPSA) is 63.1 Å². The number of carbonyl (C=O) groups is 1. The van der Waals surface area contributed by atoms with Crippen molar-refractivity contribution in [2.75, 3.05) is 25.5 Å². The van der Waals surface area contributed by atoms with Crippen LogP contribution < -0.4 is 5.32 Å². The first-order valence-corrected chi connectivity index (χ1v) is 8.55. The number of nitrogens with one attached hydrogen (secondary N) is 1. The highest BCUT2D eigenvalue weighted by Gasteiger charge is 2.24. The molecule has 1 aliphatic heterocycles. The number of likely N-dealkylation sites (tertiary alicyclic amines) is 1. The molecular weight excluding hydrogens is 302 g/mol. The van der Waals surface area contributed by atoms with Crippen LogP contribution in [0.25, 0.3) is 0 Å². The first-order chi connectivity index (χ1) is 11.7. The zero-order valence-corrected chi connectivity index (χ0v) is 14.4. The molecule has 0 saturated carbocycles. The minimum Gasteiger partial charge on any atom is -0.373 e. The van der Waals surface area contributed by atoms with E-state index >= 15 is 0 Å². The number of amides is 1. The van der Waals surface area contributed by atoms with Crippen molar-refractivity contribution in [3.63, 3.8) is 0 Å². The summed E-state index contributed by atoms with van der Waals surface area (Å²) in [6, 6.07) is 6.13. The number of nitrogens with zero attached hydrogens (tertiary/aromatic N) is 4. The Morgan fingerprint density at radius 2 is 2.25 bits per heavy atom. The Labute approximate surface area is 142 Å². The van der Waals surface area contributed by atoms with Crippen LogP contribution in [0.15, 0.2) is 30.6 Å². The van der Waals surface area contributed by atoms with Gasteiger partial charge in [-0.05, 0) is 43.0 Å². The van der Waals surface area contributed by atoms with Crippen LogP contribution in [0.3, 0.4) is 0 Å². The maximum atomic E-state index is 12.6. The van der Waals surface area contributed by atoms with Gasteiger partial charge >= 0.3 is 0 Å². The highest BCUT2D eigenvalue weighted by molar-refractivity contribution is 5.76. The van der Waals surface area contributed by atoms with Crippen molar-refractivity contribution in [1.82, 2.24) is 19.7 Å². The number of aryl methyl sites for hydroxylation is 2. The smallest absolute Gasteiger partial charge is 0.222 e. The molecule has 6 heteroatoms. The molecule has 1 N–H and O–H groups in total. The fourth-order valence-corrected chi connectivity index (χ4v) is 3.35. The lowest BCUT2D eigenvalue weighted by Crippen LogP contribution is -2.39. The van der Waals surface area contributed by atoms with E-state index in [1.165, 1.54) is 5.56 Å². The summed E-state index contributed by atoms with van der Waals surface area (Å²) in [5.74, 6) is 1.52. The summed E-state index contributed by atoms with van der Waals surface area (Å²) < 4.78 is 1.84. The van der Waals surface area contributed by atoms with Crippen molar-refractivity contribution >= 4 is 11.7 Å². The van der Waals surface area contributed by atoms with Gasteiger partial charge < -0.3 is 10.2 Å². The van der Waals surface area contributed by atoms with Gasteiger partial charge in [-0.15, -0.1) is 0 Å². The van der Waals surface area contributed by atoms with Crippen LogP contribution in [0, 0.1) is 0 Å². The van der Waals surface area contributed by atoms with E-state index in [2.05, 4.69) is 27.5 Å². The van der Waals surface area contributed by atoms with Gasteiger partial charge in [-0.25, -0.2) is 4.98 Å². The first kappa shape index (κ1) is 16.5. The molecule has 6 nitrogen and oxygen atoms in total. The van der Waals surface area contributed by atoms with Crippen molar-refractivity contribution in [1.29, 1.82) is 0 Å². The summed E-state index contributed by atoms with van der Waals surface area (Å²) in [6.45, 7) is 1.67. The third-order valence-electron chi connectivity index (χ3n) is 4.80. The molecule has 1 amide bonds. The van der Waals surface area contributed by atoms with Gasteiger partial charge in [-0.2, -0.15) is 5.10 Å². The van der Waals surface area contributed by atoms with Gasteiger partial charge in [-0.1, -0.05) is 0 Å². The molecule has 1 saturated heterocycles. The summed E-state index contributed by atoms with van der Waals surface area (Å²) in [4.78, 5) is 18.9. The third kappa shape index (κ3) is 3.75. The average Bonchev–Trinajstić information content (AvgIpc) is 3.04. The monoisotopic (exact) mass is 327 g/mol. The Kier molecular flexibility index (Phi) is 5.13. The van der Waals surface area contributed by atoms with E-state index in [4.69, 9.17) is 0 Å². The van der Waals surface area contributed by atoms with Crippen molar-refractivity contribution in [2.45, 2.75) is 31.6 Å². The number of pyridine rings is 1. The first-order valence-electron chi connectivity index (χ1n) is 8.55. The number of piperidine rings is 1. The number of hydrogen-bond acceptors (Lipinski definition) is 4. The van der Waals surface area contributed by atoms with E-state index in [-0.39, 0.29) is 5.91 Å². The minimum atomic E-state index is 0.240. The van der Waals surface area contributed by atoms with Gasteiger partial charge in [0.1, 0.15) is 5.82 Å². The molecule has 0 spiro atoms. The Morgan fingerprint density at radius 3 is 3.00 bits per heavy atom. The largest absolute Gasteiger partial charge is 0.373 e. The van der Waals surface area contributed by atoms with Crippen LogP contribution in [0.1, 0.15) is 36.4 Å². The molecule has 128 valence electrons. The molecule has 0 aromatic carbocycles. The highest BCUT2D eigenvalue weighted by atomic mass is 16.2. The van der Waals surface area contributed by atoms with Crippen molar-refractivity contribution in [3.05, 3.63) is 41.9 Å². The second-order valence-corrected chi connectivity index (χ2v) is 6.35.